The quantitative estimate of drug-likeness (QED) is 0.334. The zero-order chi connectivity index (χ0) is 8.36. The molecule has 0 rings (SSSR count). The number of hydrogen-bond acceptors (Lipinski definition) is 1. The highest BCUT2D eigenvalue weighted by atomic mass is 16.1. The number of rotatable bonds is 5. The number of carbonyl (C=O) groups excluding carboxylic acids is 1. The lowest BCUT2D eigenvalue weighted by Gasteiger charge is -1.78. The van der Waals surface area contributed by atoms with Crippen molar-refractivity contribution < 1.29 is 4.79 Å². The van der Waals surface area contributed by atoms with Gasteiger partial charge in [0, 0.05) is 6.42 Å². The van der Waals surface area contributed by atoms with Gasteiger partial charge in [0.2, 0.25) is 0 Å². The molecule has 0 spiro atoms. The monoisotopic (exact) mass is 150 g/mol. The summed E-state index contributed by atoms with van der Waals surface area (Å²) in [5.41, 5.74) is 0. The van der Waals surface area contributed by atoms with E-state index in [-0.39, 0.29) is 0 Å². The van der Waals surface area contributed by atoms with E-state index in [1.165, 1.54) is 0 Å². The fraction of sp³-hybridized carbons (Fsp3) is 0.300. The Bertz CT molecular complexity index is 164. The van der Waals surface area contributed by atoms with Crippen molar-refractivity contribution >= 4 is 6.29 Å². The van der Waals surface area contributed by atoms with Gasteiger partial charge in [-0.3, -0.25) is 0 Å². The van der Waals surface area contributed by atoms with E-state index in [1.54, 1.807) is 0 Å². The lowest BCUT2D eigenvalue weighted by atomic mass is 10.3. The summed E-state index contributed by atoms with van der Waals surface area (Å²) in [6.45, 7) is 1.97. The first-order valence-corrected chi connectivity index (χ1v) is 3.80. The Kier molecular flexibility index (Phi) is 7.99. The van der Waals surface area contributed by atoms with Crippen LogP contribution in [0, 0.1) is 0 Å². The Balaban J connectivity index is 3.35. The molecular weight excluding hydrogens is 136 g/mol. The number of unbranched alkanes of at least 4 members (excludes halogenated alkanes) is 1. The van der Waals surface area contributed by atoms with Crippen LogP contribution in [0.25, 0.3) is 0 Å². The molecule has 0 aliphatic rings. The number of aldehydes is 1. The van der Waals surface area contributed by atoms with Crippen molar-refractivity contribution in [2.24, 2.45) is 0 Å². The highest BCUT2D eigenvalue weighted by Crippen LogP contribution is 1.87. The molecule has 0 aromatic rings. The third-order valence-electron chi connectivity index (χ3n) is 1.11. The molecule has 0 aromatic heterocycles. The summed E-state index contributed by atoms with van der Waals surface area (Å²) in [5.74, 6) is 0. The first kappa shape index (κ1) is 9.89. The summed E-state index contributed by atoms with van der Waals surface area (Å²) in [5, 5.41) is 0. The van der Waals surface area contributed by atoms with E-state index < -0.39 is 0 Å². The molecule has 1 nitrogen and oxygen atoms in total. The Morgan fingerprint density at radius 1 is 1.00 bits per heavy atom. The van der Waals surface area contributed by atoms with Gasteiger partial charge in [-0.25, -0.2) is 0 Å². The fourth-order valence-electron chi connectivity index (χ4n) is 0.578. The largest absolute Gasteiger partial charge is 0.303 e. The van der Waals surface area contributed by atoms with E-state index in [9.17, 15) is 4.79 Å². The third-order valence-corrected chi connectivity index (χ3v) is 1.11. The highest BCUT2D eigenvalue weighted by molar-refractivity contribution is 5.49. The molecule has 0 amide bonds. The Morgan fingerprint density at radius 2 is 1.73 bits per heavy atom. The van der Waals surface area contributed by atoms with Crippen LogP contribution >= 0.6 is 0 Å². The van der Waals surface area contributed by atoms with Crippen molar-refractivity contribution in [3.05, 3.63) is 36.5 Å². The maximum absolute atomic E-state index is 9.88. The van der Waals surface area contributed by atoms with Gasteiger partial charge in [0.1, 0.15) is 6.29 Å². The van der Waals surface area contributed by atoms with Crippen LogP contribution in [0.1, 0.15) is 19.8 Å². The molecule has 0 heterocycles. The zero-order valence-electron chi connectivity index (χ0n) is 6.86. The summed E-state index contributed by atoms with van der Waals surface area (Å²) in [7, 11) is 0. The van der Waals surface area contributed by atoms with E-state index in [1.807, 2.05) is 43.4 Å². The smallest absolute Gasteiger partial charge is 0.120 e. The second-order valence-corrected chi connectivity index (χ2v) is 2.08. The average molecular weight is 150 g/mol. The summed E-state index contributed by atoms with van der Waals surface area (Å²) in [4.78, 5) is 9.88. The average Bonchev–Trinajstić information content (AvgIpc) is 2.03. The molecular formula is C10H14O. The molecule has 0 fully saturated rings. The maximum Gasteiger partial charge on any atom is 0.120 e. The Hall–Kier alpha value is -1.11. The van der Waals surface area contributed by atoms with Crippen molar-refractivity contribution in [1.29, 1.82) is 0 Å². The van der Waals surface area contributed by atoms with Crippen molar-refractivity contribution in [2.45, 2.75) is 19.8 Å². The van der Waals surface area contributed by atoms with Gasteiger partial charge >= 0.3 is 0 Å². The topological polar surface area (TPSA) is 17.1 Å². The number of carbonyl (C=O) groups is 1. The Labute approximate surface area is 68.1 Å². The lowest BCUT2D eigenvalue weighted by molar-refractivity contribution is -0.107. The molecule has 11 heavy (non-hydrogen) atoms. The van der Waals surface area contributed by atoms with Gasteiger partial charge in [0.05, 0.1) is 0 Å². The van der Waals surface area contributed by atoms with Crippen LogP contribution < -0.4 is 0 Å². The fourth-order valence-corrected chi connectivity index (χ4v) is 0.578. The standard InChI is InChI=1S/C10H14O/c1-2-3-4-5-6-7-8-9-10-11/h2-7,10H,8-9H2,1H3/b3-2+,5-4+,7-6-. The van der Waals surface area contributed by atoms with Crippen molar-refractivity contribution in [2.75, 3.05) is 0 Å². The minimum absolute atomic E-state index is 0.619. The first-order valence-electron chi connectivity index (χ1n) is 3.80. The van der Waals surface area contributed by atoms with Crippen LogP contribution in [0.3, 0.4) is 0 Å². The molecule has 0 atom stereocenters. The van der Waals surface area contributed by atoms with Gasteiger partial charge in [-0.1, -0.05) is 36.5 Å². The zero-order valence-corrected chi connectivity index (χ0v) is 6.86. The van der Waals surface area contributed by atoms with E-state index >= 15 is 0 Å². The van der Waals surface area contributed by atoms with Crippen molar-refractivity contribution in [3.63, 3.8) is 0 Å². The van der Waals surface area contributed by atoms with Gasteiger partial charge in [0.15, 0.2) is 0 Å². The molecule has 0 N–H and O–H groups in total. The van der Waals surface area contributed by atoms with Crippen LogP contribution in [0.5, 0.6) is 0 Å². The SMILES string of the molecule is C/C=C/C=C/C=C\CCC=O. The van der Waals surface area contributed by atoms with Crippen molar-refractivity contribution in [3.8, 4) is 0 Å². The van der Waals surface area contributed by atoms with Crippen LogP contribution in [0.4, 0.5) is 0 Å². The molecule has 0 aliphatic heterocycles. The van der Waals surface area contributed by atoms with Gasteiger partial charge in [-0.2, -0.15) is 0 Å². The van der Waals surface area contributed by atoms with Gasteiger partial charge in [0.25, 0.3) is 0 Å². The highest BCUT2D eigenvalue weighted by Gasteiger charge is 1.73. The molecule has 0 unspecified atom stereocenters. The van der Waals surface area contributed by atoms with E-state index in [0.29, 0.717) is 6.42 Å². The van der Waals surface area contributed by atoms with E-state index in [0.717, 1.165) is 12.7 Å². The molecule has 60 valence electrons. The second kappa shape index (κ2) is 8.89. The summed E-state index contributed by atoms with van der Waals surface area (Å²) in [6, 6.07) is 0. The molecule has 0 aliphatic carbocycles. The Morgan fingerprint density at radius 3 is 2.36 bits per heavy atom. The van der Waals surface area contributed by atoms with E-state index in [4.69, 9.17) is 0 Å². The van der Waals surface area contributed by atoms with Crippen molar-refractivity contribution in [1.82, 2.24) is 0 Å². The van der Waals surface area contributed by atoms with Gasteiger partial charge < -0.3 is 4.79 Å². The van der Waals surface area contributed by atoms with Crippen LogP contribution in [-0.2, 0) is 4.79 Å². The molecule has 0 bridgehead atoms. The molecule has 0 saturated heterocycles. The van der Waals surface area contributed by atoms with Gasteiger partial charge in [-0.15, -0.1) is 0 Å². The minimum atomic E-state index is 0.619. The summed E-state index contributed by atoms with van der Waals surface area (Å²) in [6.07, 6.45) is 14.2. The van der Waals surface area contributed by atoms with Crippen LogP contribution in [0.15, 0.2) is 36.5 Å². The molecule has 1 heteroatoms. The minimum Gasteiger partial charge on any atom is -0.303 e. The third kappa shape index (κ3) is 8.89. The number of allylic oxidation sites excluding steroid dienone is 6. The summed E-state index contributed by atoms with van der Waals surface area (Å²) < 4.78 is 0. The predicted molar refractivity (Wildman–Crippen MR) is 48.4 cm³/mol. The normalized spacial score (nSPS) is 12.1. The molecule has 0 radical (unpaired) electrons. The maximum atomic E-state index is 9.88. The lowest BCUT2D eigenvalue weighted by Crippen LogP contribution is -1.68. The molecule has 0 aromatic carbocycles. The van der Waals surface area contributed by atoms with E-state index in [2.05, 4.69) is 0 Å². The van der Waals surface area contributed by atoms with Crippen LogP contribution in [0.2, 0.25) is 0 Å². The number of hydrogen-bond donors (Lipinski definition) is 0. The van der Waals surface area contributed by atoms with Gasteiger partial charge in [-0.05, 0) is 13.3 Å². The molecule has 0 saturated carbocycles. The van der Waals surface area contributed by atoms with Crippen LogP contribution in [-0.4, -0.2) is 6.29 Å². The first-order chi connectivity index (χ1) is 5.41. The summed E-state index contributed by atoms with van der Waals surface area (Å²) >= 11 is 0. The predicted octanol–water partition coefficient (Wildman–Crippen LogP) is 2.65. The second-order valence-electron chi connectivity index (χ2n) is 2.08.